The first-order valence-electron chi connectivity index (χ1n) is 5.57. The van der Waals surface area contributed by atoms with Crippen LogP contribution in [-0.4, -0.2) is 12.9 Å². The number of rotatable bonds is 3. The summed E-state index contributed by atoms with van der Waals surface area (Å²) >= 11 is 3.38. The van der Waals surface area contributed by atoms with Gasteiger partial charge in [0.05, 0.1) is 17.1 Å². The molecule has 0 bridgehead atoms. The highest BCUT2D eigenvalue weighted by atomic mass is 79.9. The average Bonchev–Trinajstić information content (AvgIpc) is 2.38. The third kappa shape index (κ3) is 2.46. The number of aryl methyl sites for hydroxylation is 1. The number of carbonyl (C=O) groups is 1. The third-order valence-electron chi connectivity index (χ3n) is 2.73. The van der Waals surface area contributed by atoms with Gasteiger partial charge in [0, 0.05) is 5.56 Å². The van der Waals surface area contributed by atoms with Gasteiger partial charge in [-0.3, -0.25) is 4.79 Å². The Bertz CT molecular complexity index is 574. The van der Waals surface area contributed by atoms with E-state index in [-0.39, 0.29) is 5.78 Å². The molecule has 92 valence electrons. The second-order valence-corrected chi connectivity index (χ2v) is 4.87. The molecule has 0 atom stereocenters. The summed E-state index contributed by atoms with van der Waals surface area (Å²) in [5.41, 5.74) is 2.36. The summed E-state index contributed by atoms with van der Waals surface area (Å²) in [7, 11) is 1.56. The van der Waals surface area contributed by atoms with Gasteiger partial charge in [0.15, 0.2) is 5.78 Å². The quantitative estimate of drug-likeness (QED) is 0.801. The first-order chi connectivity index (χ1) is 8.63. The molecule has 2 nitrogen and oxygen atoms in total. The molecule has 3 heteroatoms. The number of carbonyl (C=O) groups excluding carboxylic acids is 1. The molecule has 0 fully saturated rings. The van der Waals surface area contributed by atoms with Crippen molar-refractivity contribution in [3.63, 3.8) is 0 Å². The van der Waals surface area contributed by atoms with E-state index in [2.05, 4.69) is 15.9 Å². The van der Waals surface area contributed by atoms with Crippen molar-refractivity contribution in [2.75, 3.05) is 7.11 Å². The first kappa shape index (κ1) is 12.8. The average molecular weight is 305 g/mol. The molecule has 0 saturated carbocycles. The predicted molar refractivity (Wildman–Crippen MR) is 75.3 cm³/mol. The van der Waals surface area contributed by atoms with E-state index in [0.717, 1.165) is 10.0 Å². The van der Waals surface area contributed by atoms with E-state index in [0.29, 0.717) is 16.9 Å². The molecule has 2 aromatic rings. The maximum absolute atomic E-state index is 12.4. The number of ether oxygens (including phenoxy) is 1. The van der Waals surface area contributed by atoms with Crippen LogP contribution in [0.5, 0.6) is 5.75 Å². The largest absolute Gasteiger partial charge is 0.495 e. The molecule has 0 heterocycles. The summed E-state index contributed by atoms with van der Waals surface area (Å²) in [6.07, 6.45) is 0. The van der Waals surface area contributed by atoms with Crippen LogP contribution in [0.15, 0.2) is 46.9 Å². The Hall–Kier alpha value is -1.61. The SMILES string of the molecule is COc1c(Br)cccc1C(=O)c1ccc(C)cc1. The fourth-order valence-corrected chi connectivity index (χ4v) is 2.28. The van der Waals surface area contributed by atoms with Gasteiger partial charge in [-0.1, -0.05) is 35.9 Å². The van der Waals surface area contributed by atoms with E-state index >= 15 is 0 Å². The zero-order valence-electron chi connectivity index (χ0n) is 10.2. The highest BCUT2D eigenvalue weighted by Gasteiger charge is 2.16. The van der Waals surface area contributed by atoms with Crippen LogP contribution in [-0.2, 0) is 0 Å². The van der Waals surface area contributed by atoms with Crippen LogP contribution in [0.25, 0.3) is 0 Å². The molecule has 0 aromatic heterocycles. The second kappa shape index (κ2) is 5.36. The number of methoxy groups -OCH3 is 1. The van der Waals surface area contributed by atoms with Crippen molar-refractivity contribution in [2.45, 2.75) is 6.92 Å². The van der Waals surface area contributed by atoms with Gasteiger partial charge in [0.1, 0.15) is 5.75 Å². The summed E-state index contributed by atoms with van der Waals surface area (Å²) < 4.78 is 6.06. The van der Waals surface area contributed by atoms with E-state index in [9.17, 15) is 4.79 Å². The summed E-state index contributed by atoms with van der Waals surface area (Å²) in [5, 5.41) is 0. The summed E-state index contributed by atoms with van der Waals surface area (Å²) in [6, 6.07) is 13.0. The standard InChI is InChI=1S/C15H13BrO2/c1-10-6-8-11(9-7-10)14(17)12-4-3-5-13(16)15(12)18-2/h3-9H,1-2H3. The van der Waals surface area contributed by atoms with Crippen LogP contribution in [0.3, 0.4) is 0 Å². The van der Waals surface area contributed by atoms with Gasteiger partial charge < -0.3 is 4.74 Å². The van der Waals surface area contributed by atoms with E-state index in [4.69, 9.17) is 4.74 Å². The molecule has 0 saturated heterocycles. The highest BCUT2D eigenvalue weighted by Crippen LogP contribution is 2.30. The first-order valence-corrected chi connectivity index (χ1v) is 6.36. The molecule has 2 aromatic carbocycles. The van der Waals surface area contributed by atoms with Crippen molar-refractivity contribution >= 4 is 21.7 Å². The molecular weight excluding hydrogens is 292 g/mol. The van der Waals surface area contributed by atoms with Crippen molar-refractivity contribution in [1.82, 2.24) is 0 Å². The molecule has 0 amide bonds. The van der Waals surface area contributed by atoms with Crippen molar-refractivity contribution in [2.24, 2.45) is 0 Å². The van der Waals surface area contributed by atoms with Crippen LogP contribution in [0.2, 0.25) is 0 Å². The lowest BCUT2D eigenvalue weighted by atomic mass is 10.0. The maximum Gasteiger partial charge on any atom is 0.196 e. The van der Waals surface area contributed by atoms with Crippen LogP contribution in [0, 0.1) is 6.92 Å². The molecule has 0 N–H and O–H groups in total. The van der Waals surface area contributed by atoms with Crippen LogP contribution in [0.4, 0.5) is 0 Å². The molecule has 2 rings (SSSR count). The normalized spacial score (nSPS) is 10.2. The number of para-hydroxylation sites is 1. The van der Waals surface area contributed by atoms with E-state index in [1.165, 1.54) is 0 Å². The zero-order valence-corrected chi connectivity index (χ0v) is 11.8. The van der Waals surface area contributed by atoms with Gasteiger partial charge in [0.25, 0.3) is 0 Å². The van der Waals surface area contributed by atoms with Crippen molar-refractivity contribution in [1.29, 1.82) is 0 Å². The minimum atomic E-state index is -0.0341. The van der Waals surface area contributed by atoms with Gasteiger partial charge in [-0.15, -0.1) is 0 Å². The smallest absolute Gasteiger partial charge is 0.196 e. The Morgan fingerprint density at radius 1 is 1.11 bits per heavy atom. The van der Waals surface area contributed by atoms with Crippen LogP contribution < -0.4 is 4.74 Å². The monoisotopic (exact) mass is 304 g/mol. The summed E-state index contributed by atoms with van der Waals surface area (Å²) in [5.74, 6) is 0.538. The Kier molecular flexibility index (Phi) is 3.82. The van der Waals surface area contributed by atoms with Gasteiger partial charge in [-0.2, -0.15) is 0 Å². The fraction of sp³-hybridized carbons (Fsp3) is 0.133. The fourth-order valence-electron chi connectivity index (χ4n) is 1.76. The molecule has 0 unspecified atom stereocenters. The van der Waals surface area contributed by atoms with Gasteiger partial charge in [-0.25, -0.2) is 0 Å². The summed E-state index contributed by atoms with van der Waals surface area (Å²) in [6.45, 7) is 1.99. The van der Waals surface area contributed by atoms with Gasteiger partial charge in [-0.05, 0) is 35.0 Å². The van der Waals surface area contributed by atoms with Gasteiger partial charge in [0.2, 0.25) is 0 Å². The topological polar surface area (TPSA) is 26.3 Å². The highest BCUT2D eigenvalue weighted by molar-refractivity contribution is 9.10. The second-order valence-electron chi connectivity index (χ2n) is 4.02. The van der Waals surface area contributed by atoms with Crippen LogP contribution >= 0.6 is 15.9 Å². The number of halogens is 1. The lowest BCUT2D eigenvalue weighted by Crippen LogP contribution is -2.04. The Morgan fingerprint density at radius 2 is 1.78 bits per heavy atom. The maximum atomic E-state index is 12.4. The minimum Gasteiger partial charge on any atom is -0.495 e. The number of hydrogen-bond acceptors (Lipinski definition) is 2. The Morgan fingerprint density at radius 3 is 2.39 bits per heavy atom. The molecule has 0 aliphatic rings. The predicted octanol–water partition coefficient (Wildman–Crippen LogP) is 4.00. The number of ketones is 1. The number of hydrogen-bond donors (Lipinski definition) is 0. The van der Waals surface area contributed by atoms with E-state index in [1.807, 2.05) is 43.3 Å². The van der Waals surface area contributed by atoms with Crippen LogP contribution in [0.1, 0.15) is 21.5 Å². The molecule has 0 spiro atoms. The van der Waals surface area contributed by atoms with E-state index in [1.54, 1.807) is 13.2 Å². The minimum absolute atomic E-state index is 0.0341. The molecule has 18 heavy (non-hydrogen) atoms. The molecule has 0 radical (unpaired) electrons. The van der Waals surface area contributed by atoms with E-state index < -0.39 is 0 Å². The number of benzene rings is 2. The molecule has 0 aliphatic heterocycles. The Labute approximate surface area is 115 Å². The lowest BCUT2D eigenvalue weighted by molar-refractivity contribution is 0.103. The van der Waals surface area contributed by atoms with Crippen molar-refractivity contribution in [3.05, 3.63) is 63.6 Å². The molecule has 0 aliphatic carbocycles. The van der Waals surface area contributed by atoms with Gasteiger partial charge >= 0.3 is 0 Å². The lowest BCUT2D eigenvalue weighted by Gasteiger charge is -2.09. The summed E-state index contributed by atoms with van der Waals surface area (Å²) in [4.78, 5) is 12.4. The van der Waals surface area contributed by atoms with Crippen molar-refractivity contribution < 1.29 is 9.53 Å². The third-order valence-corrected chi connectivity index (χ3v) is 3.35. The zero-order chi connectivity index (χ0) is 13.1. The van der Waals surface area contributed by atoms with Crippen molar-refractivity contribution in [3.8, 4) is 5.75 Å². The Balaban J connectivity index is 2.46. The molecular formula is C15H13BrO2.